The molecule has 4 nitrogen and oxygen atoms in total. The van der Waals surface area contributed by atoms with Crippen LogP contribution < -0.4 is 11.1 Å². The molecule has 0 aliphatic rings. The Hall–Kier alpha value is -2.33. The van der Waals surface area contributed by atoms with Crippen LogP contribution in [0.5, 0.6) is 0 Å². The second-order valence-corrected chi connectivity index (χ2v) is 5.43. The number of hydrogen-bond donors (Lipinski definition) is 2. The van der Waals surface area contributed by atoms with Gasteiger partial charge >= 0.3 is 0 Å². The summed E-state index contributed by atoms with van der Waals surface area (Å²) in [6.07, 6.45) is 1.18. The summed E-state index contributed by atoms with van der Waals surface area (Å²) in [5.41, 5.74) is 8.71. The summed E-state index contributed by atoms with van der Waals surface area (Å²) in [5.74, 6) is 0.0176. The van der Waals surface area contributed by atoms with Gasteiger partial charge in [-0.3, -0.25) is 4.79 Å². The summed E-state index contributed by atoms with van der Waals surface area (Å²) >= 11 is 0. The topological polar surface area (TPSA) is 60.0 Å². The number of rotatable bonds is 5. The number of aryl methyl sites for hydroxylation is 1. The first-order valence-corrected chi connectivity index (χ1v) is 7.75. The van der Waals surface area contributed by atoms with Gasteiger partial charge in [0.15, 0.2) is 0 Å². The third kappa shape index (κ3) is 2.57. The molecule has 1 aromatic heterocycles. The molecule has 1 amide bonds. The van der Waals surface area contributed by atoms with Crippen LogP contribution in [-0.4, -0.2) is 17.0 Å². The highest BCUT2D eigenvalue weighted by Gasteiger charge is 2.10. The Labute approximate surface area is 129 Å². The molecular weight excluding hydrogens is 274 g/mol. The Morgan fingerprint density at radius 3 is 2.68 bits per heavy atom. The zero-order valence-electron chi connectivity index (χ0n) is 12.8. The average Bonchev–Trinajstić information content (AvgIpc) is 2.86. The Balaban J connectivity index is 2.02. The van der Waals surface area contributed by atoms with E-state index in [4.69, 9.17) is 5.73 Å². The molecule has 0 unspecified atom stereocenters. The fourth-order valence-corrected chi connectivity index (χ4v) is 2.96. The predicted octanol–water partition coefficient (Wildman–Crippen LogP) is 3.49. The number of hydrogen-bond acceptors (Lipinski definition) is 2. The number of anilines is 1. The van der Waals surface area contributed by atoms with Crippen LogP contribution in [0.1, 0.15) is 19.8 Å². The molecule has 0 fully saturated rings. The summed E-state index contributed by atoms with van der Waals surface area (Å²) in [5, 5.41) is 5.35. The van der Waals surface area contributed by atoms with Crippen molar-refractivity contribution in [3.8, 4) is 0 Å². The van der Waals surface area contributed by atoms with E-state index in [1.165, 1.54) is 21.8 Å². The van der Waals surface area contributed by atoms with E-state index >= 15 is 0 Å². The van der Waals surface area contributed by atoms with Gasteiger partial charge < -0.3 is 15.6 Å². The summed E-state index contributed by atoms with van der Waals surface area (Å²) in [4.78, 5) is 11.9. The van der Waals surface area contributed by atoms with Crippen LogP contribution in [0.2, 0.25) is 0 Å². The monoisotopic (exact) mass is 295 g/mol. The minimum absolute atomic E-state index is 0.0176. The Morgan fingerprint density at radius 1 is 1.14 bits per heavy atom. The van der Waals surface area contributed by atoms with Crippen molar-refractivity contribution in [1.82, 2.24) is 4.57 Å². The molecule has 3 N–H and O–H groups in total. The Morgan fingerprint density at radius 2 is 1.91 bits per heavy atom. The predicted molar refractivity (Wildman–Crippen MR) is 92.0 cm³/mol. The van der Waals surface area contributed by atoms with Gasteiger partial charge in [0.25, 0.3) is 0 Å². The van der Waals surface area contributed by atoms with Gasteiger partial charge in [-0.25, -0.2) is 0 Å². The maximum absolute atomic E-state index is 11.9. The van der Waals surface area contributed by atoms with Gasteiger partial charge in [0.2, 0.25) is 5.91 Å². The first-order valence-electron chi connectivity index (χ1n) is 7.75. The summed E-state index contributed by atoms with van der Waals surface area (Å²) in [6, 6.07) is 14.5. The molecule has 22 heavy (non-hydrogen) atoms. The number of carbonyl (C=O) groups excluding carboxylic acids is 1. The van der Waals surface area contributed by atoms with E-state index in [1.54, 1.807) is 0 Å². The molecule has 0 saturated carbocycles. The van der Waals surface area contributed by atoms with Crippen LogP contribution >= 0.6 is 0 Å². The first-order chi connectivity index (χ1) is 10.7. The van der Waals surface area contributed by atoms with Crippen molar-refractivity contribution in [1.29, 1.82) is 0 Å². The van der Waals surface area contributed by atoms with Crippen LogP contribution in [0.25, 0.3) is 21.8 Å². The minimum Gasteiger partial charge on any atom is -0.341 e. The summed E-state index contributed by atoms with van der Waals surface area (Å²) in [7, 11) is 0. The highest BCUT2D eigenvalue weighted by atomic mass is 16.1. The molecule has 3 aromatic rings. The second-order valence-electron chi connectivity index (χ2n) is 5.43. The van der Waals surface area contributed by atoms with Crippen LogP contribution in [0.4, 0.5) is 5.69 Å². The molecule has 0 atom stereocenters. The number of carbonyl (C=O) groups is 1. The van der Waals surface area contributed by atoms with Crippen molar-refractivity contribution in [2.24, 2.45) is 5.73 Å². The standard InChI is InChI=1S/C18H21N3O/c1-2-21-16-7-4-3-6-14(16)15-12-13(9-10-17(15)21)20-18(22)8-5-11-19/h3-4,6-7,9-10,12H,2,5,8,11,19H2,1H3,(H,20,22). The molecule has 0 spiro atoms. The normalized spacial score (nSPS) is 11.2. The van der Waals surface area contributed by atoms with E-state index in [-0.39, 0.29) is 5.91 Å². The lowest BCUT2D eigenvalue weighted by Gasteiger charge is -2.06. The summed E-state index contributed by atoms with van der Waals surface area (Å²) in [6.45, 7) is 3.61. The quantitative estimate of drug-likeness (QED) is 0.757. The van der Waals surface area contributed by atoms with Crippen molar-refractivity contribution in [3.63, 3.8) is 0 Å². The zero-order valence-corrected chi connectivity index (χ0v) is 12.8. The van der Waals surface area contributed by atoms with Crippen molar-refractivity contribution in [2.75, 3.05) is 11.9 Å². The number of para-hydroxylation sites is 1. The molecule has 0 aliphatic carbocycles. The molecule has 114 valence electrons. The molecule has 4 heteroatoms. The maximum Gasteiger partial charge on any atom is 0.224 e. The molecule has 3 rings (SSSR count). The van der Waals surface area contributed by atoms with E-state index in [0.29, 0.717) is 19.4 Å². The largest absolute Gasteiger partial charge is 0.341 e. The number of nitrogens with zero attached hydrogens (tertiary/aromatic N) is 1. The number of benzene rings is 2. The van der Waals surface area contributed by atoms with E-state index in [0.717, 1.165) is 12.2 Å². The van der Waals surface area contributed by atoms with Gasteiger partial charge in [-0.05, 0) is 44.2 Å². The van der Waals surface area contributed by atoms with Gasteiger partial charge in [0, 0.05) is 40.5 Å². The van der Waals surface area contributed by atoms with Gasteiger partial charge in [-0.2, -0.15) is 0 Å². The number of aromatic nitrogens is 1. The average molecular weight is 295 g/mol. The van der Waals surface area contributed by atoms with E-state index < -0.39 is 0 Å². The fraction of sp³-hybridized carbons (Fsp3) is 0.278. The van der Waals surface area contributed by atoms with Crippen molar-refractivity contribution >= 4 is 33.4 Å². The van der Waals surface area contributed by atoms with Crippen molar-refractivity contribution in [2.45, 2.75) is 26.3 Å². The van der Waals surface area contributed by atoms with Crippen LogP contribution in [0.15, 0.2) is 42.5 Å². The highest BCUT2D eigenvalue weighted by molar-refractivity contribution is 6.09. The lowest BCUT2D eigenvalue weighted by atomic mass is 10.1. The highest BCUT2D eigenvalue weighted by Crippen LogP contribution is 2.30. The van der Waals surface area contributed by atoms with E-state index in [1.807, 2.05) is 12.1 Å². The Kier molecular flexibility index (Phi) is 4.11. The molecule has 0 bridgehead atoms. The molecule has 0 radical (unpaired) electrons. The number of fused-ring (bicyclic) bond motifs is 3. The third-order valence-electron chi connectivity index (χ3n) is 3.98. The summed E-state index contributed by atoms with van der Waals surface area (Å²) < 4.78 is 2.30. The zero-order chi connectivity index (χ0) is 15.5. The third-order valence-corrected chi connectivity index (χ3v) is 3.98. The lowest BCUT2D eigenvalue weighted by molar-refractivity contribution is -0.116. The fourth-order valence-electron chi connectivity index (χ4n) is 2.96. The van der Waals surface area contributed by atoms with Gasteiger partial charge in [0.05, 0.1) is 0 Å². The van der Waals surface area contributed by atoms with Gasteiger partial charge in [0.1, 0.15) is 0 Å². The SMILES string of the molecule is CCn1c2ccccc2c2cc(NC(=O)CCCN)ccc21. The van der Waals surface area contributed by atoms with Crippen LogP contribution in [0, 0.1) is 0 Å². The number of nitrogens with two attached hydrogens (primary N) is 1. The van der Waals surface area contributed by atoms with Gasteiger partial charge in [-0.1, -0.05) is 18.2 Å². The first kappa shape index (κ1) is 14.6. The molecular formula is C18H21N3O. The number of amides is 1. The van der Waals surface area contributed by atoms with Crippen molar-refractivity contribution < 1.29 is 4.79 Å². The minimum atomic E-state index is 0.0176. The molecule has 0 saturated heterocycles. The van der Waals surface area contributed by atoms with E-state index in [2.05, 4.69) is 47.1 Å². The maximum atomic E-state index is 11.9. The van der Waals surface area contributed by atoms with Crippen molar-refractivity contribution in [3.05, 3.63) is 42.5 Å². The van der Waals surface area contributed by atoms with Crippen LogP contribution in [-0.2, 0) is 11.3 Å². The molecule has 0 aliphatic heterocycles. The number of nitrogens with one attached hydrogen (secondary N) is 1. The molecule has 1 heterocycles. The Bertz CT molecular complexity index is 820. The lowest BCUT2D eigenvalue weighted by Crippen LogP contribution is -2.13. The van der Waals surface area contributed by atoms with Crippen LogP contribution in [0.3, 0.4) is 0 Å². The second kappa shape index (κ2) is 6.20. The molecule has 2 aromatic carbocycles. The van der Waals surface area contributed by atoms with Gasteiger partial charge in [-0.15, -0.1) is 0 Å². The smallest absolute Gasteiger partial charge is 0.224 e. The van der Waals surface area contributed by atoms with E-state index in [9.17, 15) is 4.79 Å².